The topological polar surface area (TPSA) is 64.4 Å². The summed E-state index contributed by atoms with van der Waals surface area (Å²) in [7, 11) is 1.60. The molecule has 0 saturated heterocycles. The normalized spacial score (nSPS) is 10.3. The first-order valence-corrected chi connectivity index (χ1v) is 5.58. The summed E-state index contributed by atoms with van der Waals surface area (Å²) in [6, 6.07) is 7.53. The molecule has 0 atom stereocenters. The number of carbonyl (C=O) groups is 1. The van der Waals surface area contributed by atoms with Crippen molar-refractivity contribution in [1.82, 2.24) is 9.55 Å². The van der Waals surface area contributed by atoms with Gasteiger partial charge < -0.3 is 14.4 Å². The van der Waals surface area contributed by atoms with Gasteiger partial charge in [0, 0.05) is 18.9 Å². The molecule has 5 heteroatoms. The molecule has 1 N–H and O–H groups in total. The van der Waals surface area contributed by atoms with Gasteiger partial charge in [0.05, 0.1) is 19.1 Å². The smallest absolute Gasteiger partial charge is 0.305 e. The average Bonchev–Trinajstić information content (AvgIpc) is 2.84. The first kappa shape index (κ1) is 12.2. The molecular formula is C13H14N2O3. The van der Waals surface area contributed by atoms with Gasteiger partial charge in [-0.15, -0.1) is 0 Å². The van der Waals surface area contributed by atoms with E-state index in [0.29, 0.717) is 12.4 Å². The first-order valence-electron chi connectivity index (χ1n) is 5.58. The lowest BCUT2D eigenvalue weighted by molar-refractivity contribution is -0.137. The van der Waals surface area contributed by atoms with Gasteiger partial charge >= 0.3 is 5.97 Å². The van der Waals surface area contributed by atoms with Crippen LogP contribution >= 0.6 is 0 Å². The van der Waals surface area contributed by atoms with Crippen LogP contribution in [0.4, 0.5) is 0 Å². The summed E-state index contributed by atoms with van der Waals surface area (Å²) in [5.41, 5.74) is 0.857. The highest BCUT2D eigenvalue weighted by atomic mass is 16.5. The molecule has 0 aliphatic carbocycles. The summed E-state index contributed by atoms with van der Waals surface area (Å²) in [6.45, 7) is 0.392. The largest absolute Gasteiger partial charge is 0.496 e. The van der Waals surface area contributed by atoms with E-state index >= 15 is 0 Å². The molecule has 0 aliphatic rings. The third-order valence-corrected chi connectivity index (χ3v) is 2.63. The predicted octanol–water partition coefficient (Wildman–Crippen LogP) is 2.03. The molecule has 1 heterocycles. The van der Waals surface area contributed by atoms with E-state index in [2.05, 4.69) is 4.98 Å². The quantitative estimate of drug-likeness (QED) is 0.876. The molecule has 2 rings (SSSR count). The molecule has 94 valence electrons. The number of hydrogen-bond acceptors (Lipinski definition) is 3. The number of carboxylic acid groups (broad SMARTS) is 1. The van der Waals surface area contributed by atoms with Crippen molar-refractivity contribution in [2.24, 2.45) is 0 Å². The summed E-state index contributed by atoms with van der Waals surface area (Å²) >= 11 is 0. The molecule has 0 unspecified atom stereocenters. The minimum atomic E-state index is -0.824. The number of benzene rings is 1. The van der Waals surface area contributed by atoms with E-state index < -0.39 is 5.97 Å². The summed E-state index contributed by atoms with van der Waals surface area (Å²) in [4.78, 5) is 14.9. The number of methoxy groups -OCH3 is 1. The van der Waals surface area contributed by atoms with Crippen molar-refractivity contribution in [3.8, 4) is 17.1 Å². The molecule has 0 bridgehead atoms. The van der Waals surface area contributed by atoms with Crippen molar-refractivity contribution in [3.05, 3.63) is 36.7 Å². The van der Waals surface area contributed by atoms with Gasteiger partial charge in [-0.25, -0.2) is 4.98 Å². The van der Waals surface area contributed by atoms with Crippen LogP contribution in [0.3, 0.4) is 0 Å². The van der Waals surface area contributed by atoms with E-state index in [0.717, 1.165) is 11.3 Å². The van der Waals surface area contributed by atoms with E-state index in [1.165, 1.54) is 0 Å². The van der Waals surface area contributed by atoms with E-state index in [-0.39, 0.29) is 6.42 Å². The number of aliphatic carboxylic acids is 1. The number of ether oxygens (including phenoxy) is 1. The second kappa shape index (κ2) is 5.35. The Bertz CT molecular complexity index is 549. The fourth-order valence-electron chi connectivity index (χ4n) is 1.78. The van der Waals surface area contributed by atoms with Gasteiger partial charge in [-0.1, -0.05) is 12.1 Å². The van der Waals surface area contributed by atoms with Gasteiger partial charge in [0.2, 0.25) is 0 Å². The zero-order chi connectivity index (χ0) is 13.0. The van der Waals surface area contributed by atoms with E-state index in [1.807, 2.05) is 28.8 Å². The van der Waals surface area contributed by atoms with Crippen molar-refractivity contribution < 1.29 is 14.6 Å². The van der Waals surface area contributed by atoms with Crippen LogP contribution in [0.25, 0.3) is 11.4 Å². The van der Waals surface area contributed by atoms with Gasteiger partial charge in [0.1, 0.15) is 11.6 Å². The van der Waals surface area contributed by atoms with Gasteiger partial charge in [-0.05, 0) is 12.1 Å². The summed E-state index contributed by atoms with van der Waals surface area (Å²) in [6.07, 6.45) is 3.49. The van der Waals surface area contributed by atoms with Gasteiger partial charge in [-0.2, -0.15) is 0 Å². The van der Waals surface area contributed by atoms with E-state index in [9.17, 15) is 4.79 Å². The predicted molar refractivity (Wildman–Crippen MR) is 66.5 cm³/mol. The highest BCUT2D eigenvalue weighted by Crippen LogP contribution is 2.28. The lowest BCUT2D eigenvalue weighted by Gasteiger charge is -2.10. The Kier molecular flexibility index (Phi) is 3.62. The van der Waals surface area contributed by atoms with E-state index in [1.54, 1.807) is 19.5 Å². The third kappa shape index (κ3) is 2.51. The molecule has 0 amide bonds. The van der Waals surface area contributed by atoms with Crippen LogP contribution in [0.5, 0.6) is 5.75 Å². The summed E-state index contributed by atoms with van der Waals surface area (Å²) in [5.74, 6) is 0.614. The Morgan fingerprint density at radius 2 is 2.22 bits per heavy atom. The highest BCUT2D eigenvalue weighted by Gasteiger charge is 2.11. The van der Waals surface area contributed by atoms with Crippen molar-refractivity contribution in [2.75, 3.05) is 7.11 Å². The third-order valence-electron chi connectivity index (χ3n) is 2.63. The van der Waals surface area contributed by atoms with Crippen molar-refractivity contribution in [2.45, 2.75) is 13.0 Å². The van der Waals surface area contributed by atoms with Gasteiger partial charge in [-0.3, -0.25) is 4.79 Å². The molecule has 0 radical (unpaired) electrons. The Morgan fingerprint density at radius 3 is 2.94 bits per heavy atom. The lowest BCUT2D eigenvalue weighted by atomic mass is 10.2. The molecule has 0 aliphatic heterocycles. The van der Waals surface area contributed by atoms with Crippen molar-refractivity contribution >= 4 is 5.97 Å². The molecule has 0 fully saturated rings. The standard InChI is InChI=1S/C13H14N2O3/c1-18-11-5-3-2-4-10(11)13-14-7-9-15(13)8-6-12(16)17/h2-5,7,9H,6,8H2,1H3,(H,16,17). The minimum Gasteiger partial charge on any atom is -0.496 e. The minimum absolute atomic E-state index is 0.0680. The highest BCUT2D eigenvalue weighted by molar-refractivity contribution is 5.67. The Labute approximate surface area is 105 Å². The van der Waals surface area contributed by atoms with Gasteiger partial charge in [0.25, 0.3) is 0 Å². The SMILES string of the molecule is COc1ccccc1-c1nccn1CCC(=O)O. The molecular weight excluding hydrogens is 232 g/mol. The fraction of sp³-hybridized carbons (Fsp3) is 0.231. The lowest BCUT2D eigenvalue weighted by Crippen LogP contribution is -2.05. The van der Waals surface area contributed by atoms with Crippen molar-refractivity contribution in [3.63, 3.8) is 0 Å². The number of aromatic nitrogens is 2. The zero-order valence-electron chi connectivity index (χ0n) is 10.0. The first-order chi connectivity index (χ1) is 8.72. The second-order valence-corrected chi connectivity index (χ2v) is 3.79. The molecule has 0 saturated carbocycles. The molecule has 5 nitrogen and oxygen atoms in total. The maximum absolute atomic E-state index is 10.6. The Morgan fingerprint density at radius 1 is 1.44 bits per heavy atom. The number of nitrogens with zero attached hydrogens (tertiary/aromatic N) is 2. The number of aryl methyl sites for hydroxylation is 1. The van der Waals surface area contributed by atoms with Gasteiger partial charge in [0.15, 0.2) is 0 Å². The van der Waals surface area contributed by atoms with Crippen LogP contribution in [0.15, 0.2) is 36.7 Å². The monoisotopic (exact) mass is 246 g/mol. The molecule has 1 aromatic heterocycles. The number of hydrogen-bond donors (Lipinski definition) is 1. The zero-order valence-corrected chi connectivity index (χ0v) is 10.0. The summed E-state index contributed by atoms with van der Waals surface area (Å²) < 4.78 is 7.09. The maximum atomic E-state index is 10.6. The maximum Gasteiger partial charge on any atom is 0.305 e. The van der Waals surface area contributed by atoms with Crippen molar-refractivity contribution in [1.29, 1.82) is 0 Å². The number of carboxylic acids is 1. The molecule has 2 aromatic rings. The van der Waals surface area contributed by atoms with Crippen LogP contribution in [-0.4, -0.2) is 27.7 Å². The molecule has 1 aromatic carbocycles. The van der Waals surface area contributed by atoms with Crippen LogP contribution in [0.1, 0.15) is 6.42 Å². The molecule has 0 spiro atoms. The Balaban J connectivity index is 2.33. The summed E-state index contributed by atoms with van der Waals surface area (Å²) in [5, 5.41) is 8.72. The second-order valence-electron chi connectivity index (χ2n) is 3.79. The Hall–Kier alpha value is -2.30. The van der Waals surface area contributed by atoms with Crippen LogP contribution in [0, 0.1) is 0 Å². The van der Waals surface area contributed by atoms with E-state index in [4.69, 9.17) is 9.84 Å². The van der Waals surface area contributed by atoms with Crippen LogP contribution in [-0.2, 0) is 11.3 Å². The van der Waals surface area contributed by atoms with Crippen LogP contribution in [0.2, 0.25) is 0 Å². The number of para-hydroxylation sites is 1. The molecule has 18 heavy (non-hydrogen) atoms. The fourth-order valence-corrected chi connectivity index (χ4v) is 1.78. The van der Waals surface area contributed by atoms with Crippen LogP contribution < -0.4 is 4.74 Å². The average molecular weight is 246 g/mol. The number of rotatable bonds is 5. The number of imidazole rings is 1.